The Bertz CT molecular complexity index is 577. The van der Waals surface area contributed by atoms with Gasteiger partial charge in [0.2, 0.25) is 0 Å². The van der Waals surface area contributed by atoms with Crippen LogP contribution in [0.15, 0.2) is 35.7 Å². The third-order valence-electron chi connectivity index (χ3n) is 4.28. The highest BCUT2D eigenvalue weighted by molar-refractivity contribution is 7.10. The molecule has 0 aliphatic carbocycles. The molecule has 0 amide bonds. The van der Waals surface area contributed by atoms with Crippen molar-refractivity contribution in [3.63, 3.8) is 0 Å². The molecule has 1 aliphatic heterocycles. The highest BCUT2D eigenvalue weighted by atomic mass is 32.1. The first-order valence-corrected chi connectivity index (χ1v) is 8.12. The zero-order valence-corrected chi connectivity index (χ0v) is 13.0. The van der Waals surface area contributed by atoms with Gasteiger partial charge in [-0.3, -0.25) is 0 Å². The summed E-state index contributed by atoms with van der Waals surface area (Å²) in [6.07, 6.45) is 1.10. The zero-order chi connectivity index (χ0) is 14.1. The van der Waals surface area contributed by atoms with Crippen LogP contribution < -0.4 is 10.6 Å². The van der Waals surface area contributed by atoms with Crippen LogP contribution in [0.2, 0.25) is 0 Å². The van der Waals surface area contributed by atoms with Crippen LogP contribution in [-0.2, 0) is 0 Å². The molecule has 20 heavy (non-hydrogen) atoms. The van der Waals surface area contributed by atoms with E-state index in [2.05, 4.69) is 54.5 Å². The van der Waals surface area contributed by atoms with Crippen molar-refractivity contribution in [3.05, 3.63) is 51.7 Å². The fourth-order valence-corrected chi connectivity index (χ4v) is 3.84. The number of piperidine rings is 1. The number of hydrogen-bond donors (Lipinski definition) is 1. The van der Waals surface area contributed by atoms with E-state index in [-0.39, 0.29) is 6.04 Å². The average Bonchev–Trinajstić information content (AvgIpc) is 2.95. The van der Waals surface area contributed by atoms with Crippen molar-refractivity contribution in [2.24, 2.45) is 5.73 Å². The van der Waals surface area contributed by atoms with Crippen molar-refractivity contribution < 1.29 is 0 Å². The normalized spacial score (nSPS) is 23.1. The number of nitrogens with two attached hydrogens (primary N) is 1. The maximum Gasteiger partial charge on any atom is 0.0369 e. The van der Waals surface area contributed by atoms with Gasteiger partial charge in [0.25, 0.3) is 0 Å². The minimum atomic E-state index is 0.262. The fraction of sp³-hybridized carbons (Fsp3) is 0.412. The molecule has 2 heterocycles. The molecule has 1 aromatic carbocycles. The molecule has 2 nitrogen and oxygen atoms in total. The lowest BCUT2D eigenvalue weighted by atomic mass is 9.92. The Hall–Kier alpha value is -1.32. The largest absolute Gasteiger partial charge is 0.369 e. The summed E-state index contributed by atoms with van der Waals surface area (Å²) in [7, 11) is 0. The van der Waals surface area contributed by atoms with E-state index in [1.54, 1.807) is 0 Å². The number of benzene rings is 1. The van der Waals surface area contributed by atoms with Gasteiger partial charge in [-0.15, -0.1) is 11.3 Å². The van der Waals surface area contributed by atoms with Gasteiger partial charge in [0, 0.05) is 35.6 Å². The van der Waals surface area contributed by atoms with Gasteiger partial charge in [0.1, 0.15) is 0 Å². The smallest absolute Gasteiger partial charge is 0.0369 e. The van der Waals surface area contributed by atoms with Gasteiger partial charge in [-0.05, 0) is 55.0 Å². The van der Waals surface area contributed by atoms with Crippen LogP contribution in [0.25, 0.3) is 0 Å². The van der Waals surface area contributed by atoms with Crippen LogP contribution in [0.4, 0.5) is 5.69 Å². The molecule has 2 N–H and O–H groups in total. The fourth-order valence-electron chi connectivity index (χ4n) is 3.00. The van der Waals surface area contributed by atoms with Crippen LogP contribution in [-0.4, -0.2) is 19.1 Å². The van der Waals surface area contributed by atoms with Crippen LogP contribution in [0.5, 0.6) is 0 Å². The van der Waals surface area contributed by atoms with E-state index >= 15 is 0 Å². The SMILES string of the molecule is Cc1ccc(N2CC(N)CC(c3cccs3)C2)cc1C. The lowest BCUT2D eigenvalue weighted by Gasteiger charge is -2.37. The van der Waals surface area contributed by atoms with Crippen LogP contribution in [0.3, 0.4) is 0 Å². The number of thiophene rings is 1. The average molecular weight is 286 g/mol. The Balaban J connectivity index is 1.84. The van der Waals surface area contributed by atoms with Gasteiger partial charge in [0.15, 0.2) is 0 Å². The van der Waals surface area contributed by atoms with Gasteiger partial charge in [0.05, 0.1) is 0 Å². The number of nitrogens with zero attached hydrogens (tertiary/aromatic N) is 1. The van der Waals surface area contributed by atoms with Crippen molar-refractivity contribution in [2.45, 2.75) is 32.2 Å². The molecule has 2 atom stereocenters. The molecule has 0 bridgehead atoms. The van der Waals surface area contributed by atoms with Gasteiger partial charge in [-0.25, -0.2) is 0 Å². The Labute approximate surface area is 125 Å². The highest BCUT2D eigenvalue weighted by Crippen LogP contribution is 2.32. The Morgan fingerprint density at radius 1 is 1.15 bits per heavy atom. The summed E-state index contributed by atoms with van der Waals surface area (Å²) in [6, 6.07) is 11.4. The Morgan fingerprint density at radius 2 is 2.00 bits per heavy atom. The number of rotatable bonds is 2. The number of anilines is 1. The predicted octanol–water partition coefficient (Wildman–Crippen LogP) is 3.69. The molecular weight excluding hydrogens is 264 g/mol. The summed E-state index contributed by atoms with van der Waals surface area (Å²) in [4.78, 5) is 3.92. The van der Waals surface area contributed by atoms with Gasteiger partial charge in [-0.1, -0.05) is 12.1 Å². The van der Waals surface area contributed by atoms with E-state index in [9.17, 15) is 0 Å². The van der Waals surface area contributed by atoms with E-state index in [1.807, 2.05) is 11.3 Å². The minimum Gasteiger partial charge on any atom is -0.369 e. The van der Waals surface area contributed by atoms with Crippen molar-refractivity contribution in [1.82, 2.24) is 0 Å². The maximum absolute atomic E-state index is 6.29. The molecule has 3 rings (SSSR count). The van der Waals surface area contributed by atoms with E-state index < -0.39 is 0 Å². The molecule has 1 aliphatic rings. The van der Waals surface area contributed by atoms with Gasteiger partial charge < -0.3 is 10.6 Å². The third-order valence-corrected chi connectivity index (χ3v) is 5.32. The lowest BCUT2D eigenvalue weighted by molar-refractivity contribution is 0.458. The first-order chi connectivity index (χ1) is 9.63. The van der Waals surface area contributed by atoms with E-state index in [0.717, 1.165) is 19.5 Å². The van der Waals surface area contributed by atoms with Crippen molar-refractivity contribution in [1.29, 1.82) is 0 Å². The monoisotopic (exact) mass is 286 g/mol. The second kappa shape index (κ2) is 5.58. The van der Waals surface area contributed by atoms with Crippen LogP contribution in [0, 0.1) is 13.8 Å². The molecule has 0 radical (unpaired) electrons. The Morgan fingerprint density at radius 3 is 2.70 bits per heavy atom. The van der Waals surface area contributed by atoms with E-state index in [0.29, 0.717) is 5.92 Å². The Kier molecular flexibility index (Phi) is 3.81. The van der Waals surface area contributed by atoms with Gasteiger partial charge in [-0.2, -0.15) is 0 Å². The first-order valence-electron chi connectivity index (χ1n) is 7.24. The summed E-state index contributed by atoms with van der Waals surface area (Å²) in [5, 5.41) is 2.16. The second-order valence-electron chi connectivity index (χ2n) is 5.88. The topological polar surface area (TPSA) is 29.3 Å². The minimum absolute atomic E-state index is 0.262. The molecule has 0 spiro atoms. The van der Waals surface area contributed by atoms with Gasteiger partial charge >= 0.3 is 0 Å². The predicted molar refractivity (Wildman–Crippen MR) is 87.8 cm³/mol. The first kappa shape index (κ1) is 13.7. The van der Waals surface area contributed by atoms with Crippen LogP contribution >= 0.6 is 11.3 Å². The molecule has 0 saturated carbocycles. The molecular formula is C17H22N2S. The lowest BCUT2D eigenvalue weighted by Crippen LogP contribution is -2.46. The summed E-state index contributed by atoms with van der Waals surface area (Å²) < 4.78 is 0. The second-order valence-corrected chi connectivity index (χ2v) is 6.86. The molecule has 3 heteroatoms. The number of hydrogen-bond acceptors (Lipinski definition) is 3. The molecule has 1 aromatic heterocycles. The third kappa shape index (κ3) is 2.74. The number of aryl methyl sites for hydroxylation is 2. The van der Waals surface area contributed by atoms with Crippen LogP contribution in [0.1, 0.15) is 28.3 Å². The maximum atomic E-state index is 6.29. The quantitative estimate of drug-likeness (QED) is 0.912. The van der Waals surface area contributed by atoms with E-state index in [4.69, 9.17) is 5.73 Å². The van der Waals surface area contributed by atoms with E-state index in [1.165, 1.54) is 21.7 Å². The van der Waals surface area contributed by atoms with Crippen molar-refractivity contribution >= 4 is 17.0 Å². The molecule has 1 fully saturated rings. The summed E-state index contributed by atoms with van der Waals surface area (Å²) >= 11 is 1.85. The van der Waals surface area contributed by atoms with Crippen molar-refractivity contribution in [2.75, 3.05) is 18.0 Å². The summed E-state index contributed by atoms with van der Waals surface area (Å²) in [6.45, 7) is 6.38. The standard InChI is InChI=1S/C17H22N2S/c1-12-5-6-16(8-13(12)2)19-10-14(9-15(18)11-19)17-4-3-7-20-17/h3-8,14-15H,9-11,18H2,1-2H3. The molecule has 2 aromatic rings. The zero-order valence-electron chi connectivity index (χ0n) is 12.2. The molecule has 106 valence electrons. The summed E-state index contributed by atoms with van der Waals surface area (Å²) in [5.74, 6) is 0.570. The van der Waals surface area contributed by atoms with Crippen molar-refractivity contribution in [3.8, 4) is 0 Å². The summed E-state index contributed by atoms with van der Waals surface area (Å²) in [5.41, 5.74) is 10.3. The highest BCUT2D eigenvalue weighted by Gasteiger charge is 2.27. The molecule has 1 saturated heterocycles. The molecule has 2 unspecified atom stereocenters.